The van der Waals surface area contributed by atoms with Gasteiger partial charge in [0.2, 0.25) is 0 Å². The van der Waals surface area contributed by atoms with Crippen molar-refractivity contribution in [2.45, 2.75) is 69.9 Å². The Hall–Kier alpha value is -1.01. The molecular weight excluding hydrogens is 429 g/mol. The zero-order valence-corrected chi connectivity index (χ0v) is 20.6. The Bertz CT molecular complexity index is 708. The molecule has 31 heavy (non-hydrogen) atoms. The second-order valence-electron chi connectivity index (χ2n) is 9.66. The normalized spacial score (nSPS) is 27.4. The number of benzene rings is 1. The number of halogens is 2. The first-order chi connectivity index (χ1) is 14.9. The van der Waals surface area contributed by atoms with E-state index in [4.69, 9.17) is 33.9 Å². The van der Waals surface area contributed by atoms with Crippen LogP contribution in [-0.4, -0.2) is 50.1 Å². The van der Waals surface area contributed by atoms with E-state index in [0.29, 0.717) is 22.1 Å². The lowest BCUT2D eigenvalue weighted by Gasteiger charge is -2.34. The molecule has 0 atom stereocenters. The van der Waals surface area contributed by atoms with Gasteiger partial charge in [-0.05, 0) is 102 Å². The molecule has 1 aromatic rings. The smallest absolute Gasteiger partial charge is 0.196 e. The average molecular weight is 469 g/mol. The molecule has 174 valence electrons. The number of hydrogen-bond acceptors (Lipinski definition) is 3. The van der Waals surface area contributed by atoms with Gasteiger partial charge < -0.3 is 21.3 Å². The first kappa shape index (κ1) is 24.6. The molecule has 0 spiro atoms. The fraction of sp³-hybridized carbons (Fsp3) is 0.708. The zero-order valence-electron chi connectivity index (χ0n) is 19.0. The summed E-state index contributed by atoms with van der Waals surface area (Å²) in [6.07, 6.45) is 11.5. The molecule has 0 radical (unpaired) electrons. The molecular formula is C24H39Cl2N5. The van der Waals surface area contributed by atoms with Crippen molar-refractivity contribution in [1.29, 1.82) is 0 Å². The number of anilines is 1. The molecule has 2 fully saturated rings. The van der Waals surface area contributed by atoms with Crippen molar-refractivity contribution >= 4 is 34.8 Å². The summed E-state index contributed by atoms with van der Waals surface area (Å²) in [6, 6.07) is 6.40. The summed E-state index contributed by atoms with van der Waals surface area (Å²) < 4.78 is 0. The lowest BCUT2D eigenvalue weighted by Crippen LogP contribution is -2.42. The SMILES string of the molecule is CN(C)CCN=C(Nc1ccc(Cl)cc1Cl)NC1CCC(CC2CCC(N)CC2)CC1. The van der Waals surface area contributed by atoms with Gasteiger partial charge in [-0.2, -0.15) is 0 Å². The number of aliphatic imine (C=N–C) groups is 1. The Morgan fingerprint density at radius 3 is 2.29 bits per heavy atom. The van der Waals surface area contributed by atoms with E-state index in [2.05, 4.69) is 29.6 Å². The molecule has 2 aliphatic carbocycles. The van der Waals surface area contributed by atoms with Gasteiger partial charge in [0.15, 0.2) is 5.96 Å². The van der Waals surface area contributed by atoms with Crippen LogP contribution in [0, 0.1) is 11.8 Å². The molecule has 0 aliphatic heterocycles. The molecule has 0 saturated heterocycles. The lowest BCUT2D eigenvalue weighted by atomic mass is 9.76. The van der Waals surface area contributed by atoms with Crippen LogP contribution in [0.2, 0.25) is 10.0 Å². The Labute approximate surface area is 198 Å². The molecule has 2 aliphatic rings. The maximum atomic E-state index is 6.38. The maximum Gasteiger partial charge on any atom is 0.196 e. The van der Waals surface area contributed by atoms with Gasteiger partial charge in [-0.25, -0.2) is 0 Å². The van der Waals surface area contributed by atoms with Crippen LogP contribution in [0.5, 0.6) is 0 Å². The third-order valence-electron chi connectivity index (χ3n) is 6.75. The summed E-state index contributed by atoms with van der Waals surface area (Å²) in [5.74, 6) is 2.56. The molecule has 0 aromatic heterocycles. The highest BCUT2D eigenvalue weighted by molar-refractivity contribution is 6.36. The molecule has 4 N–H and O–H groups in total. The number of guanidine groups is 1. The third kappa shape index (κ3) is 8.45. The van der Waals surface area contributed by atoms with E-state index in [1.807, 2.05) is 12.1 Å². The third-order valence-corrected chi connectivity index (χ3v) is 7.29. The Morgan fingerprint density at radius 2 is 1.68 bits per heavy atom. The van der Waals surface area contributed by atoms with Gasteiger partial charge in [-0.3, -0.25) is 4.99 Å². The van der Waals surface area contributed by atoms with Crippen molar-refractivity contribution in [2.24, 2.45) is 22.6 Å². The second-order valence-corrected chi connectivity index (χ2v) is 10.5. The highest BCUT2D eigenvalue weighted by atomic mass is 35.5. The summed E-state index contributed by atoms with van der Waals surface area (Å²) in [6.45, 7) is 1.63. The number of nitrogens with two attached hydrogens (primary N) is 1. The maximum absolute atomic E-state index is 6.38. The fourth-order valence-corrected chi connectivity index (χ4v) is 5.29. The average Bonchev–Trinajstić information content (AvgIpc) is 2.73. The van der Waals surface area contributed by atoms with Crippen LogP contribution in [0.25, 0.3) is 0 Å². The first-order valence-corrected chi connectivity index (χ1v) is 12.6. The van der Waals surface area contributed by atoms with E-state index in [1.165, 1.54) is 57.8 Å². The van der Waals surface area contributed by atoms with Crippen molar-refractivity contribution in [3.8, 4) is 0 Å². The molecule has 0 amide bonds. The minimum absolute atomic E-state index is 0.447. The fourth-order valence-electron chi connectivity index (χ4n) is 4.83. The van der Waals surface area contributed by atoms with Crippen LogP contribution in [0.15, 0.2) is 23.2 Å². The summed E-state index contributed by atoms with van der Waals surface area (Å²) in [5, 5.41) is 8.29. The Morgan fingerprint density at radius 1 is 1.03 bits per heavy atom. The Kier molecular flexibility index (Phi) is 9.76. The minimum Gasteiger partial charge on any atom is -0.353 e. The number of likely N-dealkylation sites (N-methyl/N-ethyl adjacent to an activating group) is 1. The molecule has 0 heterocycles. The molecule has 0 bridgehead atoms. The van der Waals surface area contributed by atoms with Gasteiger partial charge in [-0.1, -0.05) is 23.2 Å². The second kappa shape index (κ2) is 12.3. The monoisotopic (exact) mass is 467 g/mol. The van der Waals surface area contributed by atoms with Crippen LogP contribution in [0.4, 0.5) is 5.69 Å². The summed E-state index contributed by atoms with van der Waals surface area (Å²) in [5.41, 5.74) is 6.90. The van der Waals surface area contributed by atoms with E-state index in [0.717, 1.165) is 36.6 Å². The van der Waals surface area contributed by atoms with Crippen molar-refractivity contribution in [1.82, 2.24) is 10.2 Å². The summed E-state index contributed by atoms with van der Waals surface area (Å²) >= 11 is 12.4. The van der Waals surface area contributed by atoms with E-state index >= 15 is 0 Å². The topological polar surface area (TPSA) is 65.7 Å². The molecule has 3 rings (SSSR count). The highest BCUT2D eigenvalue weighted by Gasteiger charge is 2.26. The van der Waals surface area contributed by atoms with E-state index < -0.39 is 0 Å². The van der Waals surface area contributed by atoms with E-state index in [1.54, 1.807) is 6.07 Å². The number of rotatable bonds is 7. The van der Waals surface area contributed by atoms with E-state index in [-0.39, 0.29) is 0 Å². The largest absolute Gasteiger partial charge is 0.353 e. The van der Waals surface area contributed by atoms with Gasteiger partial charge in [0.1, 0.15) is 0 Å². The zero-order chi connectivity index (χ0) is 22.2. The highest BCUT2D eigenvalue weighted by Crippen LogP contribution is 2.35. The molecule has 5 nitrogen and oxygen atoms in total. The van der Waals surface area contributed by atoms with Gasteiger partial charge in [0.05, 0.1) is 17.3 Å². The van der Waals surface area contributed by atoms with Crippen LogP contribution in [0.3, 0.4) is 0 Å². The quantitative estimate of drug-likeness (QED) is 0.371. The van der Waals surface area contributed by atoms with Gasteiger partial charge >= 0.3 is 0 Å². The number of nitrogens with one attached hydrogen (secondary N) is 2. The van der Waals surface area contributed by atoms with Gasteiger partial charge in [-0.15, -0.1) is 0 Å². The summed E-state index contributed by atoms with van der Waals surface area (Å²) in [4.78, 5) is 6.92. The van der Waals surface area contributed by atoms with Crippen molar-refractivity contribution in [3.05, 3.63) is 28.2 Å². The lowest BCUT2D eigenvalue weighted by molar-refractivity contribution is 0.221. The predicted octanol–water partition coefficient (Wildman–Crippen LogP) is 5.38. The van der Waals surface area contributed by atoms with Crippen LogP contribution < -0.4 is 16.4 Å². The standard InChI is InChI=1S/C24H39Cl2N5/c1-31(2)14-13-28-24(30-23-12-7-19(25)16-22(23)26)29-21-10-5-18(6-11-21)15-17-3-8-20(27)9-4-17/h7,12,16-18,20-21H,3-6,8-11,13-15,27H2,1-2H3,(H2,28,29,30). The molecule has 0 unspecified atom stereocenters. The number of nitrogens with zero attached hydrogens (tertiary/aromatic N) is 2. The van der Waals surface area contributed by atoms with Gasteiger partial charge in [0, 0.05) is 23.7 Å². The van der Waals surface area contributed by atoms with Crippen LogP contribution in [0.1, 0.15) is 57.8 Å². The number of hydrogen-bond donors (Lipinski definition) is 3. The summed E-state index contributed by atoms with van der Waals surface area (Å²) in [7, 11) is 4.13. The van der Waals surface area contributed by atoms with Gasteiger partial charge in [0.25, 0.3) is 0 Å². The predicted molar refractivity (Wildman–Crippen MR) is 134 cm³/mol. The van der Waals surface area contributed by atoms with Crippen molar-refractivity contribution < 1.29 is 0 Å². The molecule has 2 saturated carbocycles. The Balaban J connectivity index is 1.52. The van der Waals surface area contributed by atoms with Crippen LogP contribution in [-0.2, 0) is 0 Å². The molecule has 7 heteroatoms. The van der Waals surface area contributed by atoms with Crippen LogP contribution >= 0.6 is 23.2 Å². The molecule has 1 aromatic carbocycles. The first-order valence-electron chi connectivity index (χ1n) is 11.8. The minimum atomic E-state index is 0.447. The van der Waals surface area contributed by atoms with Crippen molar-refractivity contribution in [2.75, 3.05) is 32.5 Å². The van der Waals surface area contributed by atoms with Crippen molar-refractivity contribution in [3.63, 3.8) is 0 Å². The van der Waals surface area contributed by atoms with E-state index in [9.17, 15) is 0 Å².